The molecule has 0 amide bonds. The van der Waals surface area contributed by atoms with E-state index in [2.05, 4.69) is 70.8 Å². The van der Waals surface area contributed by atoms with E-state index < -0.39 is 5.97 Å². The number of aromatic nitrogens is 3. The Morgan fingerprint density at radius 2 is 1.94 bits per heavy atom. The Kier molecular flexibility index (Phi) is 5.29. The molecule has 0 unspecified atom stereocenters. The number of fused-ring (bicyclic) bond motifs is 1. The summed E-state index contributed by atoms with van der Waals surface area (Å²) in [5, 5.41) is 14.5. The van der Waals surface area contributed by atoms with Crippen LogP contribution in [0, 0.1) is 19.8 Å². The van der Waals surface area contributed by atoms with Crippen LogP contribution in [0.5, 0.6) is 0 Å². The van der Waals surface area contributed by atoms with E-state index in [1.165, 1.54) is 16.5 Å². The molecule has 7 nitrogen and oxygen atoms in total. The van der Waals surface area contributed by atoms with Gasteiger partial charge in [-0.05, 0) is 62.6 Å². The van der Waals surface area contributed by atoms with Crippen molar-refractivity contribution in [2.45, 2.75) is 40.3 Å². The average Bonchev–Trinajstić information content (AvgIpc) is 3.35. The van der Waals surface area contributed by atoms with Gasteiger partial charge in [0.2, 0.25) is 5.82 Å². The van der Waals surface area contributed by atoms with Crippen LogP contribution in [0.4, 0.5) is 0 Å². The number of carbonyl (C=O) groups is 1. The van der Waals surface area contributed by atoms with Crippen molar-refractivity contribution in [3.63, 3.8) is 0 Å². The van der Waals surface area contributed by atoms with Gasteiger partial charge in [-0.3, -0.25) is 9.69 Å². The first-order chi connectivity index (χ1) is 15.8. The van der Waals surface area contributed by atoms with E-state index in [0.29, 0.717) is 30.8 Å². The first kappa shape index (κ1) is 21.4. The van der Waals surface area contributed by atoms with Gasteiger partial charge in [0.1, 0.15) is 0 Å². The first-order valence-electron chi connectivity index (χ1n) is 11.3. The lowest BCUT2D eigenvalue weighted by atomic mass is 9.98. The van der Waals surface area contributed by atoms with Gasteiger partial charge in [0.05, 0.1) is 5.92 Å². The standard InChI is InChI=1S/C26H28N4O3/c1-15(2)30-11-17(4)22-10-19(6-8-23(22)30)25-27-24(28-33-25)21-7-5-18(9-16(21)3)12-29-13-20(14-29)26(31)32/h5-11,15,20H,12-14H2,1-4H3,(H,31,32). The smallest absolute Gasteiger partial charge is 0.309 e. The summed E-state index contributed by atoms with van der Waals surface area (Å²) in [6.07, 6.45) is 2.19. The molecule has 0 atom stereocenters. The summed E-state index contributed by atoms with van der Waals surface area (Å²) in [5.74, 6) is 0.125. The molecule has 1 N–H and O–H groups in total. The molecule has 1 fully saturated rings. The Morgan fingerprint density at radius 1 is 1.15 bits per heavy atom. The van der Waals surface area contributed by atoms with E-state index in [1.807, 2.05) is 19.1 Å². The largest absolute Gasteiger partial charge is 0.481 e. The maximum Gasteiger partial charge on any atom is 0.309 e. The zero-order chi connectivity index (χ0) is 23.3. The van der Waals surface area contributed by atoms with Crippen LogP contribution >= 0.6 is 0 Å². The minimum Gasteiger partial charge on any atom is -0.481 e. The third-order valence-corrected chi connectivity index (χ3v) is 6.51. The predicted molar refractivity (Wildman–Crippen MR) is 127 cm³/mol. The number of carboxylic acids is 1. The SMILES string of the molecule is Cc1cc(CN2CC(C(=O)O)C2)ccc1-c1noc(-c2ccc3c(c2)c(C)cn3C(C)C)n1. The second-order valence-electron chi connectivity index (χ2n) is 9.35. The van der Waals surface area contributed by atoms with Crippen molar-refractivity contribution in [3.05, 3.63) is 59.3 Å². The minimum absolute atomic E-state index is 0.241. The summed E-state index contributed by atoms with van der Waals surface area (Å²) in [4.78, 5) is 17.8. The summed E-state index contributed by atoms with van der Waals surface area (Å²) < 4.78 is 7.91. The Labute approximate surface area is 192 Å². The van der Waals surface area contributed by atoms with Crippen LogP contribution in [0.3, 0.4) is 0 Å². The minimum atomic E-state index is -0.711. The van der Waals surface area contributed by atoms with Crippen molar-refractivity contribution < 1.29 is 14.4 Å². The van der Waals surface area contributed by atoms with E-state index in [1.54, 1.807) is 0 Å². The van der Waals surface area contributed by atoms with Gasteiger partial charge < -0.3 is 14.2 Å². The van der Waals surface area contributed by atoms with Crippen molar-refractivity contribution in [1.29, 1.82) is 0 Å². The van der Waals surface area contributed by atoms with Crippen molar-refractivity contribution in [3.8, 4) is 22.8 Å². The third kappa shape index (κ3) is 3.93. The molecule has 2 aromatic heterocycles. The monoisotopic (exact) mass is 444 g/mol. The molecule has 4 aromatic rings. The van der Waals surface area contributed by atoms with Crippen molar-refractivity contribution in [2.75, 3.05) is 13.1 Å². The molecule has 1 saturated heterocycles. The van der Waals surface area contributed by atoms with Crippen LogP contribution in [-0.4, -0.2) is 43.8 Å². The molecular formula is C26H28N4O3. The number of carboxylic acid groups (broad SMARTS) is 1. The van der Waals surface area contributed by atoms with Gasteiger partial charge in [-0.2, -0.15) is 4.98 Å². The second-order valence-corrected chi connectivity index (χ2v) is 9.35. The van der Waals surface area contributed by atoms with Crippen LogP contribution in [-0.2, 0) is 11.3 Å². The normalized spacial score (nSPS) is 14.8. The second kappa shape index (κ2) is 8.15. The Balaban J connectivity index is 1.36. The lowest BCUT2D eigenvalue weighted by molar-refractivity contribution is -0.147. The molecule has 0 saturated carbocycles. The maximum atomic E-state index is 11.0. The number of aliphatic carboxylic acids is 1. The highest BCUT2D eigenvalue weighted by Gasteiger charge is 2.32. The van der Waals surface area contributed by atoms with Gasteiger partial charge >= 0.3 is 5.97 Å². The summed E-state index contributed by atoms with van der Waals surface area (Å²) in [5.41, 5.74) is 6.49. The molecule has 1 aliphatic heterocycles. The molecule has 0 spiro atoms. The van der Waals surface area contributed by atoms with Crippen molar-refractivity contribution in [1.82, 2.24) is 19.6 Å². The lowest BCUT2D eigenvalue weighted by Crippen LogP contribution is -2.49. The predicted octanol–water partition coefficient (Wildman–Crippen LogP) is 5.07. The third-order valence-electron chi connectivity index (χ3n) is 6.51. The number of likely N-dealkylation sites (tertiary alicyclic amines) is 1. The van der Waals surface area contributed by atoms with Crippen LogP contribution in [0.25, 0.3) is 33.7 Å². The van der Waals surface area contributed by atoms with Crippen molar-refractivity contribution in [2.24, 2.45) is 5.92 Å². The average molecular weight is 445 g/mol. The van der Waals surface area contributed by atoms with E-state index in [0.717, 1.165) is 28.8 Å². The number of hydrogen-bond donors (Lipinski definition) is 1. The number of hydrogen-bond acceptors (Lipinski definition) is 5. The maximum absolute atomic E-state index is 11.0. The highest BCUT2D eigenvalue weighted by Crippen LogP contribution is 2.31. The Bertz CT molecular complexity index is 1350. The molecule has 0 radical (unpaired) electrons. The summed E-state index contributed by atoms with van der Waals surface area (Å²) >= 11 is 0. The van der Waals surface area contributed by atoms with E-state index in [9.17, 15) is 4.79 Å². The Morgan fingerprint density at radius 3 is 2.64 bits per heavy atom. The summed E-state index contributed by atoms with van der Waals surface area (Å²) in [6, 6.07) is 12.9. The summed E-state index contributed by atoms with van der Waals surface area (Å²) in [6.45, 7) is 10.5. The Hall–Kier alpha value is -3.45. The molecule has 7 heteroatoms. The van der Waals surface area contributed by atoms with Crippen LogP contribution in [0.1, 0.15) is 36.6 Å². The summed E-state index contributed by atoms with van der Waals surface area (Å²) in [7, 11) is 0. The number of rotatable bonds is 6. The molecule has 0 bridgehead atoms. The quantitative estimate of drug-likeness (QED) is 0.447. The zero-order valence-electron chi connectivity index (χ0n) is 19.4. The van der Waals surface area contributed by atoms with Gasteiger partial charge in [0.25, 0.3) is 5.89 Å². The lowest BCUT2D eigenvalue weighted by Gasteiger charge is -2.36. The van der Waals surface area contributed by atoms with Gasteiger partial charge in [0.15, 0.2) is 0 Å². The topological polar surface area (TPSA) is 84.4 Å². The van der Waals surface area contributed by atoms with Crippen LogP contribution in [0.15, 0.2) is 47.1 Å². The number of nitrogens with zero attached hydrogens (tertiary/aromatic N) is 4. The molecule has 5 rings (SSSR count). The van der Waals surface area contributed by atoms with E-state index >= 15 is 0 Å². The molecule has 33 heavy (non-hydrogen) atoms. The van der Waals surface area contributed by atoms with Crippen molar-refractivity contribution >= 4 is 16.9 Å². The van der Waals surface area contributed by atoms with Gasteiger partial charge in [-0.15, -0.1) is 0 Å². The first-order valence-corrected chi connectivity index (χ1v) is 11.3. The fourth-order valence-corrected chi connectivity index (χ4v) is 4.62. The van der Waals surface area contributed by atoms with Crippen LogP contribution in [0.2, 0.25) is 0 Å². The molecule has 0 aliphatic carbocycles. The number of aryl methyl sites for hydroxylation is 2. The zero-order valence-corrected chi connectivity index (χ0v) is 19.4. The highest BCUT2D eigenvalue weighted by atomic mass is 16.5. The van der Waals surface area contributed by atoms with E-state index in [4.69, 9.17) is 9.63 Å². The van der Waals surface area contributed by atoms with Gasteiger partial charge in [-0.1, -0.05) is 23.4 Å². The highest BCUT2D eigenvalue weighted by molar-refractivity contribution is 5.87. The van der Waals surface area contributed by atoms with Gasteiger partial charge in [0, 0.05) is 53.9 Å². The molecule has 3 heterocycles. The fraction of sp³-hybridized carbons (Fsp3) is 0.346. The molecule has 2 aromatic carbocycles. The van der Waals surface area contributed by atoms with E-state index in [-0.39, 0.29) is 5.92 Å². The molecule has 1 aliphatic rings. The fourth-order valence-electron chi connectivity index (χ4n) is 4.62. The number of benzene rings is 2. The van der Waals surface area contributed by atoms with Crippen LogP contribution < -0.4 is 0 Å². The van der Waals surface area contributed by atoms with Gasteiger partial charge in [-0.25, -0.2) is 0 Å². The molecular weight excluding hydrogens is 416 g/mol. The molecule has 170 valence electrons.